The molecular formula is C18H24N2O2. The highest BCUT2D eigenvalue weighted by molar-refractivity contribution is 5.98. The number of rotatable bonds is 3. The van der Waals surface area contributed by atoms with Gasteiger partial charge in [0.1, 0.15) is 0 Å². The third-order valence-electron chi connectivity index (χ3n) is 4.71. The molecule has 1 aliphatic carbocycles. The van der Waals surface area contributed by atoms with Crippen molar-refractivity contribution in [2.24, 2.45) is 0 Å². The van der Waals surface area contributed by atoms with E-state index < -0.39 is 5.60 Å². The summed E-state index contributed by atoms with van der Waals surface area (Å²) in [5, 5.41) is 16.7. The van der Waals surface area contributed by atoms with E-state index in [2.05, 4.69) is 10.6 Å². The van der Waals surface area contributed by atoms with E-state index in [0.717, 1.165) is 43.4 Å². The van der Waals surface area contributed by atoms with Crippen LogP contribution in [0.15, 0.2) is 24.4 Å². The SMILES string of the molecule is O=C(NCC1(O)CCCCCC1)c1cccc2c1C=CNC2. The lowest BCUT2D eigenvalue weighted by atomic mass is 9.94. The van der Waals surface area contributed by atoms with Gasteiger partial charge < -0.3 is 15.7 Å². The van der Waals surface area contributed by atoms with Crippen molar-refractivity contribution in [3.05, 3.63) is 41.1 Å². The topological polar surface area (TPSA) is 61.4 Å². The van der Waals surface area contributed by atoms with Crippen molar-refractivity contribution in [2.75, 3.05) is 6.54 Å². The fourth-order valence-corrected chi connectivity index (χ4v) is 3.38. The van der Waals surface area contributed by atoms with E-state index in [9.17, 15) is 9.90 Å². The van der Waals surface area contributed by atoms with E-state index in [0.29, 0.717) is 12.1 Å². The van der Waals surface area contributed by atoms with Crippen LogP contribution in [0.2, 0.25) is 0 Å². The summed E-state index contributed by atoms with van der Waals surface area (Å²) in [4.78, 5) is 12.5. The van der Waals surface area contributed by atoms with Gasteiger partial charge in [-0.2, -0.15) is 0 Å². The van der Waals surface area contributed by atoms with Crippen LogP contribution in [0, 0.1) is 0 Å². The minimum atomic E-state index is -0.738. The predicted molar refractivity (Wildman–Crippen MR) is 87.3 cm³/mol. The Bertz CT molecular complexity index is 572. The third kappa shape index (κ3) is 3.33. The van der Waals surface area contributed by atoms with Crippen LogP contribution in [0.4, 0.5) is 0 Å². The Morgan fingerprint density at radius 1 is 1.23 bits per heavy atom. The number of aliphatic hydroxyl groups is 1. The van der Waals surface area contributed by atoms with Gasteiger partial charge in [-0.05, 0) is 42.3 Å². The van der Waals surface area contributed by atoms with E-state index >= 15 is 0 Å². The summed E-state index contributed by atoms with van der Waals surface area (Å²) in [6.45, 7) is 1.09. The number of nitrogens with one attached hydrogen (secondary N) is 2. The Morgan fingerprint density at radius 2 is 2.00 bits per heavy atom. The molecule has 3 rings (SSSR count). The molecule has 4 nitrogen and oxygen atoms in total. The molecule has 2 aliphatic rings. The monoisotopic (exact) mass is 300 g/mol. The molecule has 0 atom stereocenters. The fraction of sp³-hybridized carbons (Fsp3) is 0.500. The van der Waals surface area contributed by atoms with Crippen LogP contribution in [0.1, 0.15) is 60.0 Å². The Balaban J connectivity index is 1.69. The second-order valence-corrected chi connectivity index (χ2v) is 6.41. The number of hydrogen-bond acceptors (Lipinski definition) is 3. The summed E-state index contributed by atoms with van der Waals surface area (Å²) < 4.78 is 0. The van der Waals surface area contributed by atoms with E-state index in [4.69, 9.17) is 0 Å². The molecule has 0 unspecified atom stereocenters. The Kier molecular flexibility index (Phi) is 4.48. The molecule has 4 heteroatoms. The van der Waals surface area contributed by atoms with Crippen molar-refractivity contribution in [1.29, 1.82) is 0 Å². The molecule has 1 heterocycles. The quantitative estimate of drug-likeness (QED) is 0.752. The van der Waals surface area contributed by atoms with Crippen LogP contribution in [-0.4, -0.2) is 23.2 Å². The lowest BCUT2D eigenvalue weighted by Crippen LogP contribution is -2.42. The number of carbonyl (C=O) groups is 1. The zero-order valence-electron chi connectivity index (χ0n) is 12.9. The van der Waals surface area contributed by atoms with Crippen LogP contribution in [0.3, 0.4) is 0 Å². The molecule has 1 aromatic rings. The predicted octanol–water partition coefficient (Wildman–Crippen LogP) is 2.58. The molecule has 1 fully saturated rings. The van der Waals surface area contributed by atoms with E-state index in [1.165, 1.54) is 12.8 Å². The van der Waals surface area contributed by atoms with Gasteiger partial charge in [0.25, 0.3) is 5.91 Å². The van der Waals surface area contributed by atoms with Crippen LogP contribution < -0.4 is 10.6 Å². The molecule has 118 valence electrons. The highest BCUT2D eigenvalue weighted by atomic mass is 16.3. The van der Waals surface area contributed by atoms with Crippen LogP contribution in [0.25, 0.3) is 6.08 Å². The molecule has 1 amide bonds. The second kappa shape index (κ2) is 6.53. The zero-order chi connectivity index (χ0) is 15.4. The summed E-state index contributed by atoms with van der Waals surface area (Å²) in [5.74, 6) is -0.0962. The highest BCUT2D eigenvalue weighted by Crippen LogP contribution is 2.26. The van der Waals surface area contributed by atoms with Crippen molar-refractivity contribution in [1.82, 2.24) is 10.6 Å². The first-order valence-electron chi connectivity index (χ1n) is 8.20. The van der Waals surface area contributed by atoms with Gasteiger partial charge in [-0.25, -0.2) is 0 Å². The molecule has 3 N–H and O–H groups in total. The van der Waals surface area contributed by atoms with Crippen molar-refractivity contribution in [2.45, 2.75) is 50.7 Å². The van der Waals surface area contributed by atoms with Crippen LogP contribution in [0.5, 0.6) is 0 Å². The lowest BCUT2D eigenvalue weighted by molar-refractivity contribution is 0.0246. The van der Waals surface area contributed by atoms with Gasteiger partial charge in [0.2, 0.25) is 0 Å². The van der Waals surface area contributed by atoms with E-state index in [1.807, 2.05) is 30.5 Å². The summed E-state index contributed by atoms with van der Waals surface area (Å²) in [6, 6.07) is 5.79. The third-order valence-corrected chi connectivity index (χ3v) is 4.71. The van der Waals surface area contributed by atoms with Gasteiger partial charge in [0.15, 0.2) is 0 Å². The molecule has 1 aromatic carbocycles. The zero-order valence-corrected chi connectivity index (χ0v) is 12.9. The standard InChI is InChI=1S/C18H24N2O2/c21-17(20-13-18(22)9-3-1-2-4-10-18)16-7-5-6-14-12-19-11-8-15(14)16/h5-8,11,19,22H,1-4,9-10,12-13H2,(H,20,21). The van der Waals surface area contributed by atoms with Gasteiger partial charge in [-0.1, -0.05) is 37.8 Å². The average molecular weight is 300 g/mol. The maximum atomic E-state index is 12.5. The lowest BCUT2D eigenvalue weighted by Gasteiger charge is -2.27. The Morgan fingerprint density at radius 3 is 2.77 bits per heavy atom. The Hall–Kier alpha value is -1.81. The summed E-state index contributed by atoms with van der Waals surface area (Å²) >= 11 is 0. The van der Waals surface area contributed by atoms with Gasteiger partial charge in [0.05, 0.1) is 5.60 Å². The van der Waals surface area contributed by atoms with Crippen molar-refractivity contribution in [3.63, 3.8) is 0 Å². The van der Waals surface area contributed by atoms with Crippen LogP contribution in [-0.2, 0) is 6.54 Å². The summed E-state index contributed by atoms with van der Waals surface area (Å²) in [7, 11) is 0. The van der Waals surface area contributed by atoms with Crippen molar-refractivity contribution in [3.8, 4) is 0 Å². The second-order valence-electron chi connectivity index (χ2n) is 6.41. The number of fused-ring (bicyclic) bond motifs is 1. The van der Waals surface area contributed by atoms with Gasteiger partial charge in [-0.15, -0.1) is 0 Å². The fourth-order valence-electron chi connectivity index (χ4n) is 3.38. The first-order chi connectivity index (χ1) is 10.7. The van der Waals surface area contributed by atoms with E-state index in [1.54, 1.807) is 0 Å². The smallest absolute Gasteiger partial charge is 0.252 e. The van der Waals surface area contributed by atoms with Crippen LogP contribution >= 0.6 is 0 Å². The van der Waals surface area contributed by atoms with Gasteiger partial charge >= 0.3 is 0 Å². The molecule has 0 saturated heterocycles. The molecule has 0 spiro atoms. The molecule has 0 aromatic heterocycles. The Labute approximate surface area is 131 Å². The van der Waals surface area contributed by atoms with Gasteiger partial charge in [-0.3, -0.25) is 4.79 Å². The largest absolute Gasteiger partial charge is 0.388 e. The van der Waals surface area contributed by atoms with Crippen molar-refractivity contribution < 1.29 is 9.90 Å². The first kappa shape index (κ1) is 15.1. The first-order valence-corrected chi connectivity index (χ1v) is 8.20. The number of amides is 1. The normalized spacial score (nSPS) is 19.7. The number of carbonyl (C=O) groups excluding carboxylic acids is 1. The number of benzene rings is 1. The average Bonchev–Trinajstić information content (AvgIpc) is 2.77. The minimum absolute atomic E-state index is 0.0962. The summed E-state index contributed by atoms with van der Waals surface area (Å²) in [6.07, 6.45) is 9.82. The van der Waals surface area contributed by atoms with Gasteiger partial charge in [0, 0.05) is 18.7 Å². The van der Waals surface area contributed by atoms with E-state index in [-0.39, 0.29) is 5.91 Å². The molecule has 0 radical (unpaired) electrons. The maximum Gasteiger partial charge on any atom is 0.252 e. The minimum Gasteiger partial charge on any atom is -0.388 e. The molecule has 22 heavy (non-hydrogen) atoms. The summed E-state index contributed by atoms with van der Waals surface area (Å²) in [5.41, 5.74) is 2.06. The molecule has 1 aliphatic heterocycles. The maximum absolute atomic E-state index is 12.5. The molecule has 0 bridgehead atoms. The number of hydrogen-bond donors (Lipinski definition) is 3. The molecular weight excluding hydrogens is 276 g/mol. The van der Waals surface area contributed by atoms with Crippen molar-refractivity contribution >= 4 is 12.0 Å². The molecule has 1 saturated carbocycles. The highest BCUT2D eigenvalue weighted by Gasteiger charge is 2.28.